The van der Waals surface area contributed by atoms with Gasteiger partial charge in [-0.3, -0.25) is 0 Å². The third-order valence-corrected chi connectivity index (χ3v) is 2.44. The fourth-order valence-corrected chi connectivity index (χ4v) is 1.79. The van der Waals surface area contributed by atoms with Crippen molar-refractivity contribution in [3.05, 3.63) is 42.3 Å². The van der Waals surface area contributed by atoms with Gasteiger partial charge in [0.1, 0.15) is 0 Å². The van der Waals surface area contributed by atoms with E-state index in [1.807, 2.05) is 32.5 Å². The summed E-state index contributed by atoms with van der Waals surface area (Å²) in [6.07, 6.45) is 5.55. The first-order valence-electron chi connectivity index (χ1n) is 4.62. The Morgan fingerprint density at radius 1 is 1.07 bits per heavy atom. The predicted octanol–water partition coefficient (Wildman–Crippen LogP) is 3.24. The van der Waals surface area contributed by atoms with Crippen molar-refractivity contribution in [3.63, 3.8) is 0 Å². The lowest BCUT2D eigenvalue weighted by Crippen LogP contribution is -2.05. The number of hydrogen-bond acceptors (Lipinski definition) is 0. The van der Waals surface area contributed by atoms with Crippen molar-refractivity contribution in [2.45, 2.75) is 13.7 Å². The van der Waals surface area contributed by atoms with Crippen LogP contribution in [-0.4, -0.2) is 11.9 Å². The molecule has 1 heterocycles. The van der Waals surface area contributed by atoms with Crippen LogP contribution in [0.25, 0.3) is 18.2 Å². The SMILES string of the molecule is C=Cc1c(C=C)c(C=C)n([B]C)c1C. The van der Waals surface area contributed by atoms with E-state index < -0.39 is 0 Å². The Balaban J connectivity index is 3.60. The Hall–Kier alpha value is -1.44. The van der Waals surface area contributed by atoms with Gasteiger partial charge in [0, 0.05) is 22.5 Å². The number of rotatable bonds is 4. The molecule has 0 saturated carbocycles. The van der Waals surface area contributed by atoms with Gasteiger partial charge in [-0.2, -0.15) is 0 Å². The van der Waals surface area contributed by atoms with Gasteiger partial charge in [0.2, 0.25) is 7.41 Å². The van der Waals surface area contributed by atoms with Gasteiger partial charge in [0.15, 0.2) is 0 Å². The standard InChI is InChI=1S/C12H15BN/c1-6-10-9(4)14(13-5)12(8-3)11(10)7-2/h6-8H,1-3H2,4-5H3. The summed E-state index contributed by atoms with van der Waals surface area (Å²) in [6.45, 7) is 15.5. The van der Waals surface area contributed by atoms with E-state index in [4.69, 9.17) is 0 Å². The molecule has 0 unspecified atom stereocenters. The molecule has 0 N–H and O–H groups in total. The van der Waals surface area contributed by atoms with Crippen molar-refractivity contribution in [1.29, 1.82) is 0 Å². The quantitative estimate of drug-likeness (QED) is 0.633. The highest BCUT2D eigenvalue weighted by Gasteiger charge is 2.12. The molecule has 2 heteroatoms. The van der Waals surface area contributed by atoms with Crippen molar-refractivity contribution >= 4 is 25.6 Å². The van der Waals surface area contributed by atoms with E-state index in [2.05, 4.69) is 31.1 Å². The third kappa shape index (κ3) is 1.37. The molecule has 0 spiro atoms. The van der Waals surface area contributed by atoms with Crippen LogP contribution in [0, 0.1) is 6.92 Å². The predicted molar refractivity (Wildman–Crippen MR) is 66.5 cm³/mol. The average Bonchev–Trinajstić information content (AvgIpc) is 2.48. The average molecular weight is 184 g/mol. The molecule has 0 amide bonds. The minimum atomic E-state index is 1.08. The molecule has 1 radical (unpaired) electrons. The molecule has 0 aliphatic heterocycles. The van der Waals surface area contributed by atoms with Crippen LogP contribution in [0.3, 0.4) is 0 Å². The molecule has 1 nitrogen and oxygen atoms in total. The summed E-state index contributed by atoms with van der Waals surface area (Å²) in [5.74, 6) is 0. The number of hydrogen-bond donors (Lipinski definition) is 0. The Morgan fingerprint density at radius 3 is 2.00 bits per heavy atom. The Morgan fingerprint density at radius 2 is 1.64 bits per heavy atom. The van der Waals surface area contributed by atoms with Gasteiger partial charge in [-0.25, -0.2) is 0 Å². The lowest BCUT2D eigenvalue weighted by atomic mass is 9.98. The van der Waals surface area contributed by atoms with Crippen molar-refractivity contribution in [3.8, 4) is 0 Å². The second kappa shape index (κ2) is 4.18. The molecule has 0 aliphatic rings. The van der Waals surface area contributed by atoms with E-state index in [1.165, 1.54) is 5.69 Å². The molecular formula is C12H15BN. The zero-order valence-corrected chi connectivity index (χ0v) is 8.88. The van der Waals surface area contributed by atoms with Crippen LogP contribution < -0.4 is 0 Å². The number of nitrogens with zero attached hydrogens (tertiary/aromatic N) is 1. The largest absolute Gasteiger partial charge is 0.394 e. The molecule has 0 aliphatic carbocycles. The summed E-state index contributed by atoms with van der Waals surface area (Å²) in [4.78, 5) is 0. The lowest BCUT2D eigenvalue weighted by molar-refractivity contribution is 1.12. The second-order valence-corrected chi connectivity index (χ2v) is 3.04. The van der Waals surface area contributed by atoms with Gasteiger partial charge >= 0.3 is 0 Å². The highest BCUT2D eigenvalue weighted by Crippen LogP contribution is 2.25. The van der Waals surface area contributed by atoms with Gasteiger partial charge in [-0.05, 0) is 13.0 Å². The topological polar surface area (TPSA) is 4.93 Å². The lowest BCUT2D eigenvalue weighted by Gasteiger charge is -2.04. The van der Waals surface area contributed by atoms with Crippen LogP contribution in [0.4, 0.5) is 0 Å². The first-order chi connectivity index (χ1) is 6.71. The summed E-state index contributed by atoms with van der Waals surface area (Å²) < 4.78 is 2.10. The van der Waals surface area contributed by atoms with Gasteiger partial charge in [-0.15, -0.1) is 0 Å². The maximum atomic E-state index is 3.81. The smallest absolute Gasteiger partial charge is 0.249 e. The van der Waals surface area contributed by atoms with Gasteiger partial charge in [0.05, 0.1) is 0 Å². The van der Waals surface area contributed by atoms with Gasteiger partial charge in [0.25, 0.3) is 0 Å². The Labute approximate surface area is 86.7 Å². The summed E-state index contributed by atoms with van der Waals surface area (Å²) >= 11 is 0. The fourth-order valence-electron chi connectivity index (χ4n) is 1.79. The normalized spacial score (nSPS) is 9.57. The highest BCUT2D eigenvalue weighted by molar-refractivity contribution is 6.32. The minimum Gasteiger partial charge on any atom is -0.394 e. The molecule has 0 bridgehead atoms. The third-order valence-electron chi connectivity index (χ3n) is 2.44. The fraction of sp³-hybridized carbons (Fsp3) is 0.167. The molecule has 0 saturated heterocycles. The van der Waals surface area contributed by atoms with E-state index >= 15 is 0 Å². The van der Waals surface area contributed by atoms with Crippen LogP contribution in [-0.2, 0) is 0 Å². The van der Waals surface area contributed by atoms with Crippen LogP contribution in [0.1, 0.15) is 22.5 Å². The van der Waals surface area contributed by atoms with Crippen molar-refractivity contribution in [2.24, 2.45) is 0 Å². The summed E-state index contributed by atoms with van der Waals surface area (Å²) in [7, 11) is 2.02. The van der Waals surface area contributed by atoms with Gasteiger partial charge < -0.3 is 4.48 Å². The van der Waals surface area contributed by atoms with E-state index in [9.17, 15) is 0 Å². The molecule has 14 heavy (non-hydrogen) atoms. The summed E-state index contributed by atoms with van der Waals surface area (Å²) in [5, 5.41) is 0. The van der Waals surface area contributed by atoms with Gasteiger partial charge in [-0.1, -0.05) is 38.7 Å². The van der Waals surface area contributed by atoms with Crippen molar-refractivity contribution in [1.82, 2.24) is 4.48 Å². The highest BCUT2D eigenvalue weighted by atomic mass is 14.9. The first kappa shape index (κ1) is 10.6. The van der Waals surface area contributed by atoms with Crippen molar-refractivity contribution in [2.75, 3.05) is 0 Å². The molecule has 1 aromatic rings. The maximum Gasteiger partial charge on any atom is 0.249 e. The summed E-state index contributed by atoms with van der Waals surface area (Å²) in [6, 6.07) is 0. The number of aromatic nitrogens is 1. The first-order valence-corrected chi connectivity index (χ1v) is 4.62. The van der Waals surface area contributed by atoms with E-state index in [1.54, 1.807) is 0 Å². The molecular weight excluding hydrogens is 169 g/mol. The molecule has 0 fully saturated rings. The molecule has 71 valence electrons. The van der Waals surface area contributed by atoms with Crippen LogP contribution in [0.2, 0.25) is 6.82 Å². The Kier molecular flexibility index (Phi) is 3.18. The Bertz CT molecular complexity index is 386. The molecule has 0 atom stereocenters. The van der Waals surface area contributed by atoms with E-state index in [-0.39, 0.29) is 0 Å². The monoisotopic (exact) mass is 184 g/mol. The summed E-state index contributed by atoms with van der Waals surface area (Å²) in [5.41, 5.74) is 4.49. The molecule has 0 aromatic carbocycles. The van der Waals surface area contributed by atoms with Crippen molar-refractivity contribution < 1.29 is 0 Å². The molecule has 1 rings (SSSR count). The van der Waals surface area contributed by atoms with E-state index in [0.717, 1.165) is 16.8 Å². The second-order valence-electron chi connectivity index (χ2n) is 3.04. The zero-order valence-electron chi connectivity index (χ0n) is 8.88. The minimum absolute atomic E-state index is 1.08. The van der Waals surface area contributed by atoms with E-state index in [0.29, 0.717) is 0 Å². The van der Waals surface area contributed by atoms with Crippen LogP contribution >= 0.6 is 0 Å². The zero-order chi connectivity index (χ0) is 10.7. The maximum absolute atomic E-state index is 3.81. The van der Waals surface area contributed by atoms with Crippen LogP contribution in [0.5, 0.6) is 0 Å². The molecule has 1 aromatic heterocycles. The van der Waals surface area contributed by atoms with Crippen LogP contribution in [0.15, 0.2) is 19.7 Å².